The van der Waals surface area contributed by atoms with Crippen molar-refractivity contribution in [3.05, 3.63) is 0 Å². The molecule has 0 heterocycles. The van der Waals surface area contributed by atoms with E-state index in [1.807, 2.05) is 20.8 Å². The van der Waals surface area contributed by atoms with Crippen LogP contribution in [-0.4, -0.2) is 130 Å². The van der Waals surface area contributed by atoms with Crippen molar-refractivity contribution in [2.45, 2.75) is 195 Å². The molecule has 10 atom stereocenters. The highest BCUT2D eigenvalue weighted by atomic mass is 32.1. The van der Waals surface area contributed by atoms with Crippen molar-refractivity contribution in [3.8, 4) is 0 Å². The molecule has 15 heteroatoms. The summed E-state index contributed by atoms with van der Waals surface area (Å²) in [4.78, 5) is 0. The van der Waals surface area contributed by atoms with Gasteiger partial charge < -0.3 is 52.1 Å². The summed E-state index contributed by atoms with van der Waals surface area (Å²) in [6.07, 6.45) is 16.8. The van der Waals surface area contributed by atoms with E-state index in [-0.39, 0.29) is 74.5 Å². The van der Waals surface area contributed by atoms with E-state index in [9.17, 15) is 25.5 Å². The Morgan fingerprint density at radius 2 is 0.656 bits per heavy atom. The van der Waals surface area contributed by atoms with E-state index in [4.69, 9.17) is 26.6 Å². The summed E-state index contributed by atoms with van der Waals surface area (Å²) in [5.41, 5.74) is 0. The molecule has 0 aliphatic carbocycles. The second-order valence-electron chi connectivity index (χ2n) is 20.4. The first-order valence-corrected chi connectivity index (χ1v) is 33.5. The largest absolute Gasteiger partial charge is 0.396 e. The average Bonchev–Trinajstić information content (AvgIpc) is 3.31. The lowest BCUT2D eigenvalue weighted by Crippen LogP contribution is -2.47. The second kappa shape index (κ2) is 40.3. The molecule has 0 aromatic carbocycles. The van der Waals surface area contributed by atoms with E-state index in [2.05, 4.69) is 54.2 Å². The number of aliphatic hydroxyl groups is 5. The third kappa shape index (κ3) is 31.6. The standard InChI is InChI=1S/C49H106O11SSi3/c1-10-12-14-16-18-20-26-62(29-23-43(3)31-50,56-37-45(5)32-51)55-36-44(4)24-30-63(28-22-25-61,57-38-46(6)33-52)58-40-49(9)41-60-64(42-48(8)35-54,59-39-47(7)34-53)27-21-19-17-15-13-11-2/h43-54,61H,10-42H2,1-9H3. The van der Waals surface area contributed by atoms with Gasteiger partial charge in [-0.2, -0.15) is 12.6 Å². The van der Waals surface area contributed by atoms with E-state index >= 15 is 0 Å². The van der Waals surface area contributed by atoms with Crippen LogP contribution >= 0.6 is 12.6 Å². The first-order chi connectivity index (χ1) is 30.7. The van der Waals surface area contributed by atoms with Crippen LogP contribution in [0.4, 0.5) is 0 Å². The fraction of sp³-hybridized carbons (Fsp3) is 1.00. The summed E-state index contributed by atoms with van der Waals surface area (Å²) in [6.45, 7) is 22.4. The van der Waals surface area contributed by atoms with Crippen LogP contribution in [0.1, 0.15) is 159 Å². The number of hydrogen-bond donors (Lipinski definition) is 6. The molecule has 64 heavy (non-hydrogen) atoms. The zero-order chi connectivity index (χ0) is 48.1. The Hall–Kier alpha value is 0.561. The minimum absolute atomic E-state index is 0.00597. The second-order valence-corrected chi connectivity index (χ2v) is 30.9. The monoisotopic (exact) mass is 987 g/mol. The maximum atomic E-state index is 10.1. The van der Waals surface area contributed by atoms with Gasteiger partial charge >= 0.3 is 25.7 Å². The summed E-state index contributed by atoms with van der Waals surface area (Å²) in [7, 11) is -8.24. The third-order valence-electron chi connectivity index (χ3n) is 12.6. The molecule has 0 spiro atoms. The maximum absolute atomic E-state index is 10.1. The summed E-state index contributed by atoms with van der Waals surface area (Å²) < 4.78 is 41.5. The van der Waals surface area contributed by atoms with Crippen LogP contribution in [0.5, 0.6) is 0 Å². The lowest BCUT2D eigenvalue weighted by molar-refractivity contribution is 0.0792. The Kier molecular flexibility index (Phi) is 40.7. The summed E-state index contributed by atoms with van der Waals surface area (Å²) >= 11 is 4.62. The van der Waals surface area contributed by atoms with Gasteiger partial charge in [0, 0.05) is 96.3 Å². The van der Waals surface area contributed by atoms with Gasteiger partial charge in [-0.25, -0.2) is 0 Å². The van der Waals surface area contributed by atoms with E-state index < -0.39 is 25.7 Å². The van der Waals surface area contributed by atoms with Crippen LogP contribution in [-0.2, 0) is 26.6 Å². The Morgan fingerprint density at radius 3 is 1.05 bits per heavy atom. The highest BCUT2D eigenvalue weighted by molar-refractivity contribution is 7.80. The molecular weight excluding hydrogens is 881 g/mol. The Morgan fingerprint density at radius 1 is 0.344 bits per heavy atom. The molecular formula is C49H106O11SSi3. The third-order valence-corrected chi connectivity index (χ3v) is 23.8. The van der Waals surface area contributed by atoms with E-state index in [0.29, 0.717) is 45.7 Å². The quantitative estimate of drug-likeness (QED) is 0.0196. The fourth-order valence-corrected chi connectivity index (χ4v) is 19.7. The van der Waals surface area contributed by atoms with Crippen LogP contribution < -0.4 is 0 Å². The van der Waals surface area contributed by atoms with E-state index in [0.717, 1.165) is 80.9 Å². The summed E-state index contributed by atoms with van der Waals surface area (Å²) in [6, 6.07) is 4.92. The molecule has 5 N–H and O–H groups in total. The molecule has 386 valence electrons. The topological polar surface area (TPSA) is 157 Å². The number of aliphatic hydroxyl groups excluding tert-OH is 5. The Bertz CT molecular complexity index is 1030. The number of thiol groups is 1. The van der Waals surface area contributed by atoms with Crippen LogP contribution in [0.3, 0.4) is 0 Å². The van der Waals surface area contributed by atoms with Crippen molar-refractivity contribution in [2.75, 3.05) is 78.4 Å². The molecule has 11 nitrogen and oxygen atoms in total. The van der Waals surface area contributed by atoms with Crippen molar-refractivity contribution < 1.29 is 52.1 Å². The molecule has 0 fully saturated rings. The van der Waals surface area contributed by atoms with Crippen molar-refractivity contribution in [3.63, 3.8) is 0 Å². The smallest absolute Gasteiger partial charge is 0.338 e. The SMILES string of the molecule is CCCCCCCC[Si](CCC(C)CO)(OCC(C)CO)OCC(C)CC[Si](CCCS)(OCC(C)CO)OCC(C)CO[Si](CCCCCCCC)(CC(C)CO)OCC(C)CO. The summed E-state index contributed by atoms with van der Waals surface area (Å²) in [5, 5.41) is 49.8. The Balaban J connectivity index is 6.31. The van der Waals surface area contributed by atoms with Crippen LogP contribution in [0.25, 0.3) is 0 Å². The molecule has 0 radical (unpaired) electrons. The predicted molar refractivity (Wildman–Crippen MR) is 276 cm³/mol. The van der Waals surface area contributed by atoms with Gasteiger partial charge in [-0.1, -0.05) is 139 Å². The zero-order valence-electron chi connectivity index (χ0n) is 43.0. The van der Waals surface area contributed by atoms with Crippen LogP contribution in [0.15, 0.2) is 0 Å². The van der Waals surface area contributed by atoms with Gasteiger partial charge in [0.25, 0.3) is 0 Å². The normalized spacial score (nSPS) is 18.4. The van der Waals surface area contributed by atoms with Gasteiger partial charge in [0.1, 0.15) is 0 Å². The van der Waals surface area contributed by atoms with Crippen molar-refractivity contribution >= 4 is 38.3 Å². The van der Waals surface area contributed by atoms with E-state index in [1.165, 1.54) is 51.4 Å². The minimum atomic E-state index is -2.81. The highest BCUT2D eigenvalue weighted by Gasteiger charge is 2.42. The van der Waals surface area contributed by atoms with Gasteiger partial charge in [0.15, 0.2) is 0 Å². The molecule has 0 bridgehead atoms. The van der Waals surface area contributed by atoms with Crippen LogP contribution in [0.2, 0.25) is 36.3 Å². The van der Waals surface area contributed by atoms with E-state index in [1.54, 1.807) is 0 Å². The van der Waals surface area contributed by atoms with Gasteiger partial charge in [-0.3, -0.25) is 0 Å². The maximum Gasteiger partial charge on any atom is 0.338 e. The molecule has 0 aliphatic rings. The first-order valence-electron chi connectivity index (χ1n) is 26.1. The molecule has 0 rings (SSSR count). The fourth-order valence-electron chi connectivity index (χ4n) is 7.69. The molecule has 0 aromatic heterocycles. The van der Waals surface area contributed by atoms with Crippen LogP contribution in [0, 0.1) is 41.4 Å². The highest BCUT2D eigenvalue weighted by Crippen LogP contribution is 2.33. The van der Waals surface area contributed by atoms with Crippen molar-refractivity contribution in [1.82, 2.24) is 0 Å². The van der Waals surface area contributed by atoms with Crippen molar-refractivity contribution in [1.29, 1.82) is 0 Å². The minimum Gasteiger partial charge on any atom is -0.396 e. The number of rotatable bonds is 48. The predicted octanol–water partition coefficient (Wildman–Crippen LogP) is 10.6. The van der Waals surface area contributed by atoms with Gasteiger partial charge in [-0.05, 0) is 79.0 Å². The first kappa shape index (κ1) is 64.6. The van der Waals surface area contributed by atoms with Crippen molar-refractivity contribution in [2.24, 2.45) is 41.4 Å². The zero-order valence-corrected chi connectivity index (χ0v) is 46.9. The molecule has 0 aromatic rings. The average molecular weight is 988 g/mol. The number of unbranched alkanes of at least 4 members (excludes halogenated alkanes) is 10. The molecule has 10 unspecified atom stereocenters. The molecule has 0 saturated carbocycles. The molecule has 0 aliphatic heterocycles. The molecule has 0 saturated heterocycles. The Labute approximate surface area is 403 Å². The van der Waals surface area contributed by atoms with Gasteiger partial charge in [0.2, 0.25) is 0 Å². The lowest BCUT2D eigenvalue weighted by atomic mass is 10.1. The number of hydrogen-bond acceptors (Lipinski definition) is 12. The van der Waals surface area contributed by atoms with Gasteiger partial charge in [0.05, 0.1) is 0 Å². The molecule has 0 amide bonds. The lowest BCUT2D eigenvalue weighted by Gasteiger charge is -2.36. The summed E-state index contributed by atoms with van der Waals surface area (Å²) in [5.74, 6) is 1.26. The van der Waals surface area contributed by atoms with Gasteiger partial charge in [-0.15, -0.1) is 0 Å².